The van der Waals surface area contributed by atoms with Gasteiger partial charge in [0.15, 0.2) is 0 Å². The molecular weight excluding hydrogens is 330 g/mol. The van der Waals surface area contributed by atoms with Crippen molar-refractivity contribution in [1.82, 2.24) is 14.2 Å². The Balaban J connectivity index is 2.12. The van der Waals surface area contributed by atoms with Crippen molar-refractivity contribution in [2.24, 2.45) is 7.05 Å². The van der Waals surface area contributed by atoms with E-state index in [1.165, 1.54) is 16.7 Å². The van der Waals surface area contributed by atoms with Gasteiger partial charge in [0, 0.05) is 25.1 Å². The molecule has 0 saturated carbocycles. The minimum atomic E-state index is -3.76. The van der Waals surface area contributed by atoms with Crippen molar-refractivity contribution < 1.29 is 17.9 Å². The molecule has 0 aromatic carbocycles. The molecule has 126 valence electrons. The summed E-state index contributed by atoms with van der Waals surface area (Å²) in [7, 11) is -2.12. The SMILES string of the molecule is CCOC(=O)c1cc(S(=O)(=O)c2ccn3nccc3c2)c(C)n1C. The first-order chi connectivity index (χ1) is 11.4. The van der Waals surface area contributed by atoms with E-state index in [2.05, 4.69) is 5.10 Å². The lowest BCUT2D eigenvalue weighted by Crippen LogP contribution is -2.10. The highest BCUT2D eigenvalue weighted by Crippen LogP contribution is 2.27. The van der Waals surface area contributed by atoms with Crippen molar-refractivity contribution in [3.63, 3.8) is 0 Å². The van der Waals surface area contributed by atoms with E-state index in [0.29, 0.717) is 11.2 Å². The first-order valence-corrected chi connectivity index (χ1v) is 8.86. The topological polar surface area (TPSA) is 82.7 Å². The monoisotopic (exact) mass is 347 g/mol. The lowest BCUT2D eigenvalue weighted by atomic mass is 10.4. The van der Waals surface area contributed by atoms with Gasteiger partial charge in [-0.3, -0.25) is 0 Å². The maximum absolute atomic E-state index is 13.0. The Kier molecular flexibility index (Phi) is 3.92. The van der Waals surface area contributed by atoms with Crippen LogP contribution in [0.1, 0.15) is 23.1 Å². The van der Waals surface area contributed by atoms with Crippen LogP contribution < -0.4 is 0 Å². The molecule has 0 bridgehead atoms. The number of hydrogen-bond acceptors (Lipinski definition) is 5. The minimum Gasteiger partial charge on any atom is -0.461 e. The van der Waals surface area contributed by atoms with Crippen LogP contribution in [0.5, 0.6) is 0 Å². The van der Waals surface area contributed by atoms with Crippen LogP contribution in [0.25, 0.3) is 5.52 Å². The highest BCUT2D eigenvalue weighted by Gasteiger charge is 2.26. The van der Waals surface area contributed by atoms with Gasteiger partial charge in [0.25, 0.3) is 0 Å². The maximum atomic E-state index is 13.0. The van der Waals surface area contributed by atoms with Gasteiger partial charge in [-0.2, -0.15) is 5.10 Å². The standard InChI is InChI=1S/C16H17N3O4S/c1-4-23-16(20)14-10-15(11(2)18(14)3)24(21,22)13-6-8-19-12(9-13)5-7-17-19/h5-10H,4H2,1-3H3. The van der Waals surface area contributed by atoms with Crippen molar-refractivity contribution in [3.8, 4) is 0 Å². The van der Waals surface area contributed by atoms with E-state index in [-0.39, 0.29) is 22.1 Å². The molecule has 7 nitrogen and oxygen atoms in total. The molecule has 0 fully saturated rings. The summed E-state index contributed by atoms with van der Waals surface area (Å²) in [5.74, 6) is -0.546. The van der Waals surface area contributed by atoms with Gasteiger partial charge in [0.1, 0.15) is 5.69 Å². The van der Waals surface area contributed by atoms with E-state index in [4.69, 9.17) is 4.74 Å². The molecule has 3 aromatic rings. The normalized spacial score (nSPS) is 11.8. The van der Waals surface area contributed by atoms with Crippen molar-refractivity contribution in [2.75, 3.05) is 6.61 Å². The number of pyridine rings is 1. The average molecular weight is 347 g/mol. The van der Waals surface area contributed by atoms with Crippen molar-refractivity contribution >= 4 is 21.3 Å². The number of carbonyl (C=O) groups is 1. The Bertz CT molecular complexity index is 1030. The smallest absolute Gasteiger partial charge is 0.354 e. The van der Waals surface area contributed by atoms with Crippen LogP contribution in [0, 0.1) is 6.92 Å². The molecule has 0 aliphatic carbocycles. The van der Waals surface area contributed by atoms with Crippen molar-refractivity contribution in [3.05, 3.63) is 48.0 Å². The van der Waals surface area contributed by atoms with Crippen molar-refractivity contribution in [1.29, 1.82) is 0 Å². The van der Waals surface area contributed by atoms with Crippen LogP contribution >= 0.6 is 0 Å². The van der Waals surface area contributed by atoms with Gasteiger partial charge in [0.05, 0.1) is 21.9 Å². The molecule has 3 aromatic heterocycles. The summed E-state index contributed by atoms with van der Waals surface area (Å²) in [6, 6.07) is 6.13. The van der Waals surface area contributed by atoms with E-state index in [0.717, 1.165) is 0 Å². The van der Waals surface area contributed by atoms with Gasteiger partial charge in [-0.25, -0.2) is 17.7 Å². The van der Waals surface area contributed by atoms with Crippen LogP contribution in [-0.4, -0.2) is 35.2 Å². The molecule has 0 aliphatic heterocycles. The molecule has 0 unspecified atom stereocenters. The molecule has 0 amide bonds. The fraction of sp³-hybridized carbons (Fsp3) is 0.250. The second-order valence-electron chi connectivity index (χ2n) is 5.33. The zero-order valence-corrected chi connectivity index (χ0v) is 14.4. The Labute approximate surface area is 139 Å². The van der Waals surface area contributed by atoms with E-state index >= 15 is 0 Å². The Morgan fingerprint density at radius 1 is 1.29 bits per heavy atom. The number of hydrogen-bond donors (Lipinski definition) is 0. The number of sulfone groups is 1. The number of esters is 1. The number of aromatic nitrogens is 3. The van der Waals surface area contributed by atoms with Crippen LogP contribution in [-0.2, 0) is 21.6 Å². The van der Waals surface area contributed by atoms with Crippen LogP contribution in [0.15, 0.2) is 46.5 Å². The fourth-order valence-corrected chi connectivity index (χ4v) is 4.10. The van der Waals surface area contributed by atoms with Gasteiger partial charge >= 0.3 is 5.97 Å². The summed E-state index contributed by atoms with van der Waals surface area (Å²) < 4.78 is 34.0. The van der Waals surface area contributed by atoms with E-state index in [9.17, 15) is 13.2 Å². The minimum absolute atomic E-state index is 0.0944. The molecule has 8 heteroatoms. The predicted octanol–water partition coefficient (Wildman–Crippen LogP) is 1.99. The Morgan fingerprint density at radius 3 is 2.75 bits per heavy atom. The molecular formula is C16H17N3O4S. The second-order valence-corrected chi connectivity index (χ2v) is 7.24. The van der Waals surface area contributed by atoms with Crippen LogP contribution in [0.3, 0.4) is 0 Å². The quantitative estimate of drug-likeness (QED) is 0.674. The van der Waals surface area contributed by atoms with E-state index in [1.807, 2.05) is 0 Å². The Morgan fingerprint density at radius 2 is 2.04 bits per heavy atom. The number of ether oxygens (including phenoxy) is 1. The first-order valence-electron chi connectivity index (χ1n) is 7.38. The highest BCUT2D eigenvalue weighted by atomic mass is 32.2. The predicted molar refractivity (Wildman–Crippen MR) is 86.8 cm³/mol. The van der Waals surface area contributed by atoms with Gasteiger partial charge in [0.2, 0.25) is 9.84 Å². The summed E-state index contributed by atoms with van der Waals surface area (Å²) in [6.07, 6.45) is 3.19. The van der Waals surface area contributed by atoms with Gasteiger partial charge < -0.3 is 9.30 Å². The van der Waals surface area contributed by atoms with E-state index < -0.39 is 15.8 Å². The average Bonchev–Trinajstić information content (AvgIpc) is 3.12. The van der Waals surface area contributed by atoms with Crippen LogP contribution in [0.4, 0.5) is 0 Å². The summed E-state index contributed by atoms with van der Waals surface area (Å²) in [4.78, 5) is 12.2. The fourth-order valence-electron chi connectivity index (χ4n) is 2.54. The lowest BCUT2D eigenvalue weighted by molar-refractivity contribution is 0.0515. The summed E-state index contributed by atoms with van der Waals surface area (Å²) in [6.45, 7) is 3.59. The molecule has 0 saturated heterocycles. The maximum Gasteiger partial charge on any atom is 0.354 e. The number of carbonyl (C=O) groups excluding carboxylic acids is 1. The number of fused-ring (bicyclic) bond motifs is 1. The summed E-state index contributed by atoms with van der Waals surface area (Å²) >= 11 is 0. The lowest BCUT2D eigenvalue weighted by Gasteiger charge is -2.06. The van der Waals surface area contributed by atoms with E-state index in [1.54, 1.807) is 49.9 Å². The molecule has 0 atom stereocenters. The highest BCUT2D eigenvalue weighted by molar-refractivity contribution is 7.91. The van der Waals surface area contributed by atoms with Gasteiger partial charge in [-0.15, -0.1) is 0 Å². The van der Waals surface area contributed by atoms with Gasteiger partial charge in [-0.1, -0.05) is 0 Å². The molecule has 0 aliphatic rings. The molecule has 0 N–H and O–H groups in total. The Hall–Kier alpha value is -2.61. The third-order valence-electron chi connectivity index (χ3n) is 3.94. The number of rotatable bonds is 4. The molecule has 0 spiro atoms. The molecule has 3 heterocycles. The van der Waals surface area contributed by atoms with Crippen LogP contribution in [0.2, 0.25) is 0 Å². The zero-order valence-electron chi connectivity index (χ0n) is 13.6. The zero-order chi connectivity index (χ0) is 17.5. The number of nitrogens with zero attached hydrogens (tertiary/aromatic N) is 3. The van der Waals surface area contributed by atoms with Crippen molar-refractivity contribution in [2.45, 2.75) is 23.6 Å². The third kappa shape index (κ3) is 2.48. The first kappa shape index (κ1) is 16.3. The molecule has 24 heavy (non-hydrogen) atoms. The third-order valence-corrected chi connectivity index (χ3v) is 5.81. The van der Waals surface area contributed by atoms with Gasteiger partial charge in [-0.05, 0) is 38.1 Å². The summed E-state index contributed by atoms with van der Waals surface area (Å²) in [5, 5.41) is 4.05. The largest absolute Gasteiger partial charge is 0.461 e. The summed E-state index contributed by atoms with van der Waals surface area (Å²) in [5.41, 5.74) is 1.36. The second kappa shape index (κ2) is 5.79. The molecule has 0 radical (unpaired) electrons. The molecule has 3 rings (SSSR count).